The number of carbonyl (C=O) groups excluding carboxylic acids is 2. The first-order valence-corrected chi connectivity index (χ1v) is 27.6. The number of carboxylic acid groups (broad SMARTS) is 1. The predicted molar refractivity (Wildman–Crippen MR) is 290 cm³/mol. The number of fused-ring (bicyclic) bond motifs is 1. The first-order valence-electron chi connectivity index (χ1n) is 27.6. The van der Waals surface area contributed by atoms with E-state index in [1.165, 1.54) is 20.2 Å². The zero-order valence-electron chi connectivity index (χ0n) is 49.0. The second-order valence-electron chi connectivity index (χ2n) is 23.5. The van der Waals surface area contributed by atoms with Gasteiger partial charge in [-0.25, -0.2) is 4.79 Å². The smallest absolute Gasteiger partial charge is 0.341 e. The highest BCUT2D eigenvalue weighted by Gasteiger charge is 2.54. The number of carboxylic acids is 1. The zero-order chi connectivity index (χ0) is 57.6. The molecule has 5 rings (SSSR count). The lowest BCUT2D eigenvalue weighted by atomic mass is 9.74. The van der Waals surface area contributed by atoms with Gasteiger partial charge in [0, 0.05) is 83.3 Å². The first-order chi connectivity index (χ1) is 36.0. The van der Waals surface area contributed by atoms with Crippen molar-refractivity contribution in [1.82, 2.24) is 14.5 Å². The summed E-state index contributed by atoms with van der Waals surface area (Å²) in [5, 5.41) is 47.1. The summed E-state index contributed by atoms with van der Waals surface area (Å²) in [5.74, 6) is -5.87. The molecule has 0 aliphatic carbocycles. The second kappa shape index (κ2) is 26.8. The number of nitrogens with zero attached hydrogens (tertiary/aromatic N) is 4. The molecule has 3 fully saturated rings. The summed E-state index contributed by atoms with van der Waals surface area (Å²) in [5.41, 5.74) is -3.43. The number of aliphatic hydroxyl groups is 3. The number of hydrogen-bond donors (Lipinski definition) is 4. The minimum absolute atomic E-state index is 0.0908. The van der Waals surface area contributed by atoms with Gasteiger partial charge in [0.15, 0.2) is 12.6 Å². The topological polar surface area (TPSA) is 238 Å². The molecular weight excluding hydrogens is 997 g/mol. The Morgan fingerprint density at radius 3 is 2.09 bits per heavy atom. The molecule has 0 unspecified atom stereocenters. The summed E-state index contributed by atoms with van der Waals surface area (Å²) < 4.78 is 53.9. The van der Waals surface area contributed by atoms with Crippen LogP contribution in [0, 0.1) is 23.7 Å². The molecule has 3 saturated heterocycles. The van der Waals surface area contributed by atoms with E-state index in [9.17, 15) is 39.6 Å². The second-order valence-corrected chi connectivity index (χ2v) is 23.5. The number of aliphatic hydroxyl groups excluding tert-OH is 2. The molecular formula is C57H94N4O16. The Bertz CT molecular complexity index is 2350. The van der Waals surface area contributed by atoms with Gasteiger partial charge >= 0.3 is 11.9 Å². The summed E-state index contributed by atoms with van der Waals surface area (Å²) in [6.45, 7) is 19.4. The van der Waals surface area contributed by atoms with Crippen LogP contribution in [-0.2, 0) is 53.9 Å². The highest BCUT2D eigenvalue weighted by atomic mass is 16.7. The van der Waals surface area contributed by atoms with Gasteiger partial charge in [0.25, 0.3) is 0 Å². The van der Waals surface area contributed by atoms with E-state index in [0.29, 0.717) is 36.8 Å². The van der Waals surface area contributed by atoms with Gasteiger partial charge in [-0.05, 0) is 125 Å². The number of Topliss-reactive ketones (excluding diaryl/α,β-unsaturated/α-hetero) is 1. The maximum Gasteiger partial charge on any atom is 0.341 e. The van der Waals surface area contributed by atoms with Crippen LogP contribution < -0.4 is 10.4 Å². The van der Waals surface area contributed by atoms with Crippen molar-refractivity contribution in [3.05, 3.63) is 45.7 Å². The van der Waals surface area contributed by atoms with Crippen LogP contribution in [0.1, 0.15) is 124 Å². The third-order valence-corrected chi connectivity index (χ3v) is 16.9. The molecule has 0 spiro atoms. The number of rotatable bonds is 19. The Hall–Kier alpha value is -3.64. The number of hydrogen-bond acceptors (Lipinski definition) is 18. The minimum Gasteiger partial charge on any atom is -0.477 e. The Kier molecular flexibility index (Phi) is 22.3. The molecule has 2 aromatic rings. The molecule has 1 aromatic heterocycles. The van der Waals surface area contributed by atoms with Gasteiger partial charge in [-0.1, -0.05) is 33.8 Å². The molecule has 20 nitrogen and oxygen atoms in total. The van der Waals surface area contributed by atoms with E-state index in [1.807, 2.05) is 72.8 Å². The number of pyridine rings is 1. The van der Waals surface area contributed by atoms with Crippen molar-refractivity contribution in [1.29, 1.82) is 0 Å². The van der Waals surface area contributed by atoms with Crippen LogP contribution in [0.25, 0.3) is 10.9 Å². The zero-order valence-corrected chi connectivity index (χ0v) is 49.0. The Morgan fingerprint density at radius 1 is 0.857 bits per heavy atom. The van der Waals surface area contributed by atoms with Gasteiger partial charge in [0.2, 0.25) is 5.43 Å². The maximum absolute atomic E-state index is 14.6. The van der Waals surface area contributed by atoms with Crippen LogP contribution in [0.5, 0.6) is 0 Å². The van der Waals surface area contributed by atoms with Crippen LogP contribution in [0.4, 0.5) is 0 Å². The highest BCUT2D eigenvalue weighted by Crippen LogP contribution is 2.42. The number of benzene rings is 1. The van der Waals surface area contributed by atoms with Gasteiger partial charge in [-0.3, -0.25) is 19.1 Å². The number of aromatic nitrogens is 1. The number of aromatic carboxylic acids is 1. The third kappa shape index (κ3) is 14.7. The van der Waals surface area contributed by atoms with Gasteiger partial charge in [-0.2, -0.15) is 0 Å². The molecule has 4 heterocycles. The largest absolute Gasteiger partial charge is 0.477 e. The number of ketones is 1. The van der Waals surface area contributed by atoms with E-state index in [1.54, 1.807) is 64.7 Å². The summed E-state index contributed by atoms with van der Waals surface area (Å²) in [4.78, 5) is 58.0. The SMILES string of the molecule is CC[C@H]1OC(=O)[C@H](C)[C@@H](O[C@H]2C[C@@](C)(OC)[C@@H](OCCCN(C)CCCc3ccc4c(c3)c(=O)c(C(=O)O)cn4N(C)C)[C@H](C)O2)[C@H](C)[C@@H](O[C@@H]2O[C@H](C)C[C@H](N(C)C)[C@H]2O)[C@](C)(OC)C[C@@H](C)C(=O)[C@@H](C)[C@@H](O)[C@]1(C)O. The van der Waals surface area contributed by atoms with Crippen LogP contribution in [0.2, 0.25) is 0 Å². The van der Waals surface area contributed by atoms with E-state index < -0.39 is 113 Å². The highest BCUT2D eigenvalue weighted by molar-refractivity contribution is 5.93. The Labute approximate surface area is 456 Å². The average Bonchev–Trinajstić information content (AvgIpc) is 3.37. The summed E-state index contributed by atoms with van der Waals surface area (Å²) in [7, 11) is 12.5. The molecule has 438 valence electrons. The van der Waals surface area contributed by atoms with Crippen molar-refractivity contribution >= 4 is 28.6 Å². The van der Waals surface area contributed by atoms with E-state index in [0.717, 1.165) is 25.1 Å². The van der Waals surface area contributed by atoms with Gasteiger partial charge < -0.3 is 73.1 Å². The van der Waals surface area contributed by atoms with Crippen LogP contribution in [0.3, 0.4) is 0 Å². The summed E-state index contributed by atoms with van der Waals surface area (Å²) >= 11 is 0. The van der Waals surface area contributed by atoms with Crippen molar-refractivity contribution in [3.8, 4) is 0 Å². The van der Waals surface area contributed by atoms with E-state index in [-0.39, 0.29) is 42.8 Å². The van der Waals surface area contributed by atoms with Crippen molar-refractivity contribution in [2.45, 2.75) is 198 Å². The van der Waals surface area contributed by atoms with Crippen molar-refractivity contribution in [3.63, 3.8) is 0 Å². The average molecular weight is 1090 g/mol. The van der Waals surface area contributed by atoms with Gasteiger partial charge in [0.05, 0.1) is 53.2 Å². The van der Waals surface area contributed by atoms with Gasteiger partial charge in [0.1, 0.15) is 35.3 Å². The van der Waals surface area contributed by atoms with E-state index in [4.69, 9.17) is 37.9 Å². The summed E-state index contributed by atoms with van der Waals surface area (Å²) in [6.07, 6.45) is -4.82. The molecule has 4 N–H and O–H groups in total. The summed E-state index contributed by atoms with van der Waals surface area (Å²) in [6, 6.07) is 5.31. The standard InChI is InChI=1S/C57H94N4O16/c1-18-43-57(10,69)49(65)34(4)45(62)32(2)29-55(8,70-16)50(77-54-47(64)42(58(11)12)27-33(3)73-54)35(5)48(36(6)53(68)75-43)76-44-30-56(9,71-17)51(37(7)74-44)72-26-20-25-60(15)24-19-21-38-22-23-41-39(28-38)46(63)40(52(66)67)31-61(41)59(13)14/h22-23,28,31-37,42-44,47-51,54,64-65,69H,18-21,24-27,29-30H2,1-17H3,(H,66,67)/t32-,33-,34-,35+,36-,37+,42+,43-,44+,47-,48+,49-,50-,51+,54+,55-,56-,57-/m1/s1. The molecule has 1 aromatic carbocycles. The number of cyclic esters (lactones) is 1. The molecule has 3 aliphatic rings. The Balaban J connectivity index is 1.34. The van der Waals surface area contributed by atoms with Gasteiger partial charge in [-0.15, -0.1) is 0 Å². The number of esters is 1. The number of methoxy groups -OCH3 is 2. The fourth-order valence-electron chi connectivity index (χ4n) is 12.1. The van der Waals surface area contributed by atoms with Crippen LogP contribution in [-0.4, -0.2) is 206 Å². The lowest BCUT2D eigenvalue weighted by Crippen LogP contribution is -2.61. The number of ether oxygens (including phenoxy) is 8. The lowest BCUT2D eigenvalue weighted by molar-refractivity contribution is -0.322. The van der Waals surface area contributed by atoms with Crippen molar-refractivity contribution in [2.75, 3.05) is 74.2 Å². The first kappa shape index (κ1) is 64.2. The predicted octanol–water partition coefficient (Wildman–Crippen LogP) is 4.63. The lowest BCUT2D eigenvalue weighted by Gasteiger charge is -2.50. The molecule has 18 atom stereocenters. The quantitative estimate of drug-likeness (QED) is 0.111. The molecule has 0 bridgehead atoms. The number of aryl methyl sites for hydroxylation is 1. The molecule has 0 amide bonds. The number of likely N-dealkylation sites (N-methyl/N-ethyl adjacent to an activating group) is 1. The number of carbonyl (C=O) groups is 3. The Morgan fingerprint density at radius 2 is 1.49 bits per heavy atom. The molecule has 0 radical (unpaired) electrons. The van der Waals surface area contributed by atoms with E-state index in [2.05, 4.69) is 4.90 Å². The molecule has 0 saturated carbocycles. The van der Waals surface area contributed by atoms with Crippen LogP contribution >= 0.6 is 0 Å². The van der Waals surface area contributed by atoms with Crippen molar-refractivity contribution < 1.29 is 72.7 Å². The van der Waals surface area contributed by atoms with Crippen molar-refractivity contribution in [2.24, 2.45) is 23.7 Å². The monoisotopic (exact) mass is 1090 g/mol. The van der Waals surface area contributed by atoms with Crippen LogP contribution in [0.15, 0.2) is 29.2 Å². The normalized spacial score (nSPS) is 37.0. The van der Waals surface area contributed by atoms with E-state index >= 15 is 0 Å². The maximum atomic E-state index is 14.6. The third-order valence-electron chi connectivity index (χ3n) is 16.9. The molecule has 3 aliphatic heterocycles. The fourth-order valence-corrected chi connectivity index (χ4v) is 12.1. The molecule has 77 heavy (non-hydrogen) atoms. The molecule has 20 heteroatoms. The fraction of sp³-hybridized carbons (Fsp3) is 0.789. The minimum atomic E-state index is -2.00.